The Hall–Kier alpha value is -2.30. The minimum Gasteiger partial charge on any atom is -0.318 e. The maximum Gasteiger partial charge on any atom is 0.267 e. The number of rotatable bonds is 5. The lowest BCUT2D eigenvalue weighted by molar-refractivity contribution is -0.150. The fourth-order valence-corrected chi connectivity index (χ4v) is 7.02. The van der Waals surface area contributed by atoms with Crippen molar-refractivity contribution in [2.75, 3.05) is 6.54 Å². The summed E-state index contributed by atoms with van der Waals surface area (Å²) >= 11 is 18.3. The van der Waals surface area contributed by atoms with Gasteiger partial charge in [-0.1, -0.05) is 46.9 Å². The molecule has 2 N–H and O–H groups in total. The highest BCUT2D eigenvalue weighted by atomic mass is 35.5. The summed E-state index contributed by atoms with van der Waals surface area (Å²) in [4.78, 5) is 29.6. The Labute approximate surface area is 224 Å². The predicted octanol–water partition coefficient (Wildman–Crippen LogP) is 3.61. The van der Waals surface area contributed by atoms with Crippen LogP contribution in [0.3, 0.4) is 0 Å². The van der Waals surface area contributed by atoms with Gasteiger partial charge >= 0.3 is 0 Å². The fourth-order valence-electron chi connectivity index (χ4n) is 4.67. The molecule has 2 aromatic carbocycles. The molecule has 2 aromatic rings. The summed E-state index contributed by atoms with van der Waals surface area (Å²) < 4.78 is 28.7. The fraction of sp³-hybridized carbons (Fsp3) is 0.333. The number of nitrogens with two attached hydrogens (primary N) is 1. The number of fused-ring (bicyclic) bond motifs is 1. The van der Waals surface area contributed by atoms with Crippen LogP contribution in [0.2, 0.25) is 15.1 Å². The van der Waals surface area contributed by atoms with E-state index in [2.05, 4.69) is 0 Å². The third-order valence-corrected chi connectivity index (χ3v) is 9.54. The van der Waals surface area contributed by atoms with Gasteiger partial charge in [0.25, 0.3) is 10.0 Å². The molecule has 190 valence electrons. The molecule has 2 unspecified atom stereocenters. The van der Waals surface area contributed by atoms with Crippen molar-refractivity contribution < 1.29 is 18.0 Å². The molecule has 8 nitrogen and oxygen atoms in total. The summed E-state index contributed by atoms with van der Waals surface area (Å²) in [6.45, 7) is -0.289. The van der Waals surface area contributed by atoms with Crippen LogP contribution in [0.1, 0.15) is 24.8 Å². The van der Waals surface area contributed by atoms with Crippen LogP contribution in [0.4, 0.5) is 0 Å². The molecule has 1 saturated carbocycles. The van der Waals surface area contributed by atoms with Crippen molar-refractivity contribution >= 4 is 56.6 Å². The Balaban J connectivity index is 1.62. The smallest absolute Gasteiger partial charge is 0.267 e. The van der Waals surface area contributed by atoms with Crippen molar-refractivity contribution in [1.29, 1.82) is 0 Å². The van der Waals surface area contributed by atoms with E-state index in [0.29, 0.717) is 5.02 Å². The average Bonchev–Trinajstić information content (AvgIpc) is 2.78. The van der Waals surface area contributed by atoms with E-state index >= 15 is 0 Å². The second-order valence-corrected chi connectivity index (χ2v) is 12.2. The van der Waals surface area contributed by atoms with Gasteiger partial charge in [0, 0.05) is 28.7 Å². The zero-order valence-electron chi connectivity index (χ0n) is 19.0. The zero-order chi connectivity index (χ0) is 25.8. The number of halogens is 3. The predicted molar refractivity (Wildman–Crippen MR) is 137 cm³/mol. The summed E-state index contributed by atoms with van der Waals surface area (Å²) in [5.41, 5.74) is 6.92. The lowest BCUT2D eigenvalue weighted by Crippen LogP contribution is -2.67. The van der Waals surface area contributed by atoms with Crippen molar-refractivity contribution in [3.8, 4) is 0 Å². The molecule has 0 radical (unpaired) electrons. The quantitative estimate of drug-likeness (QED) is 0.592. The molecule has 0 spiro atoms. The highest BCUT2D eigenvalue weighted by Gasteiger charge is 2.50. The summed E-state index contributed by atoms with van der Waals surface area (Å²) in [5.74, 6) is -0.712. The van der Waals surface area contributed by atoms with Gasteiger partial charge in [0.15, 0.2) is 0 Å². The summed E-state index contributed by atoms with van der Waals surface area (Å²) in [5, 5.41) is 0.770. The summed E-state index contributed by atoms with van der Waals surface area (Å²) in [6.07, 6.45) is 4.20. The van der Waals surface area contributed by atoms with Gasteiger partial charge in [0.05, 0.1) is 11.6 Å². The van der Waals surface area contributed by atoms with E-state index in [1.165, 1.54) is 29.3 Å². The Morgan fingerprint density at radius 3 is 2.22 bits per heavy atom. The van der Waals surface area contributed by atoms with Gasteiger partial charge in [-0.05, 0) is 55.2 Å². The van der Waals surface area contributed by atoms with Crippen LogP contribution < -0.4 is 5.73 Å². The Bertz CT molecular complexity index is 1360. The Morgan fingerprint density at radius 1 is 0.944 bits per heavy atom. The number of carbonyl (C=O) groups excluding carboxylic acids is 2. The Kier molecular flexibility index (Phi) is 6.72. The molecule has 2 amide bonds. The molecule has 2 aliphatic heterocycles. The third kappa shape index (κ3) is 4.37. The molecule has 12 heteroatoms. The topological polar surface area (TPSA) is 104 Å². The van der Waals surface area contributed by atoms with E-state index in [9.17, 15) is 18.0 Å². The van der Waals surface area contributed by atoms with Gasteiger partial charge in [0.2, 0.25) is 11.8 Å². The van der Waals surface area contributed by atoms with Gasteiger partial charge in [-0.3, -0.25) is 14.5 Å². The average molecular weight is 570 g/mol. The van der Waals surface area contributed by atoms with Crippen LogP contribution in [-0.2, 0) is 26.0 Å². The molecule has 2 atom stereocenters. The first-order chi connectivity index (χ1) is 17.1. The van der Waals surface area contributed by atoms with E-state index in [4.69, 9.17) is 40.5 Å². The van der Waals surface area contributed by atoms with Gasteiger partial charge in [-0.15, -0.1) is 0 Å². The molecule has 1 saturated heterocycles. The SMILES string of the molecule is NC1CN(S(=O)(=O)c2ccc(Cl)cc2Cl)C2=CN(C3CCC3)C(=O)C(Cc3ccc(Cl)cc3)N2C1=O. The molecule has 5 rings (SSSR count). The second-order valence-electron chi connectivity index (χ2n) is 9.09. The second kappa shape index (κ2) is 9.54. The van der Waals surface area contributed by atoms with Gasteiger partial charge in [-0.25, -0.2) is 12.7 Å². The normalized spacial score (nSPS) is 22.9. The molecule has 0 bridgehead atoms. The first kappa shape index (κ1) is 25.4. The monoisotopic (exact) mass is 568 g/mol. The standard InChI is InChI=1S/C24H23Cl3N4O4S/c25-15-6-4-14(5-7-15)10-20-24(33)29(17-2-1-3-17)13-22-30(12-19(28)23(32)31(20)22)36(34,35)21-9-8-16(26)11-18(21)27/h4-9,11,13,17,19-20H,1-3,10,12,28H2. The molecule has 3 aliphatic rings. The molecule has 2 heterocycles. The third-order valence-electron chi connectivity index (χ3n) is 6.80. The number of hydrogen-bond donors (Lipinski definition) is 1. The van der Waals surface area contributed by atoms with Crippen LogP contribution in [-0.4, -0.2) is 59.0 Å². The highest BCUT2D eigenvalue weighted by Crippen LogP contribution is 2.38. The molecule has 0 aromatic heterocycles. The molecular formula is C24H23Cl3N4O4S. The number of nitrogens with zero attached hydrogens (tertiary/aromatic N) is 3. The molecule has 2 fully saturated rings. The maximum absolute atomic E-state index is 13.8. The minimum absolute atomic E-state index is 0.0550. The first-order valence-electron chi connectivity index (χ1n) is 11.4. The lowest BCUT2D eigenvalue weighted by atomic mass is 9.89. The molecular weight excluding hydrogens is 547 g/mol. The van der Waals surface area contributed by atoms with Crippen molar-refractivity contribution in [3.63, 3.8) is 0 Å². The van der Waals surface area contributed by atoms with Gasteiger partial charge in [-0.2, -0.15) is 0 Å². The molecule has 36 heavy (non-hydrogen) atoms. The van der Waals surface area contributed by atoms with Crippen LogP contribution >= 0.6 is 34.8 Å². The zero-order valence-corrected chi connectivity index (χ0v) is 22.1. The van der Waals surface area contributed by atoms with Crippen molar-refractivity contribution in [2.24, 2.45) is 5.73 Å². The maximum atomic E-state index is 13.8. The Morgan fingerprint density at radius 2 is 1.61 bits per heavy atom. The number of amides is 2. The van der Waals surface area contributed by atoms with Crippen molar-refractivity contribution in [3.05, 3.63) is 75.1 Å². The van der Waals surface area contributed by atoms with E-state index in [1.54, 1.807) is 29.2 Å². The van der Waals surface area contributed by atoms with Crippen LogP contribution in [0.15, 0.2) is 59.4 Å². The van der Waals surface area contributed by atoms with E-state index in [-0.39, 0.29) is 45.7 Å². The van der Waals surface area contributed by atoms with E-state index < -0.39 is 28.0 Å². The van der Waals surface area contributed by atoms with Crippen molar-refractivity contribution in [2.45, 2.75) is 48.7 Å². The van der Waals surface area contributed by atoms with Crippen LogP contribution in [0, 0.1) is 0 Å². The van der Waals surface area contributed by atoms with Gasteiger partial charge in [0.1, 0.15) is 22.8 Å². The summed E-state index contributed by atoms with van der Waals surface area (Å²) in [6, 6.07) is 8.84. The van der Waals surface area contributed by atoms with Gasteiger partial charge < -0.3 is 10.6 Å². The minimum atomic E-state index is -4.25. The highest BCUT2D eigenvalue weighted by molar-refractivity contribution is 7.89. The molecule has 1 aliphatic carbocycles. The number of carbonyl (C=O) groups is 2. The van der Waals surface area contributed by atoms with Crippen molar-refractivity contribution in [1.82, 2.24) is 14.1 Å². The van der Waals surface area contributed by atoms with E-state index in [0.717, 1.165) is 29.1 Å². The van der Waals surface area contributed by atoms with E-state index in [1.807, 2.05) is 0 Å². The van der Waals surface area contributed by atoms with Crippen LogP contribution in [0.5, 0.6) is 0 Å². The van der Waals surface area contributed by atoms with Crippen LogP contribution in [0.25, 0.3) is 0 Å². The number of hydrogen-bond acceptors (Lipinski definition) is 5. The summed E-state index contributed by atoms with van der Waals surface area (Å²) in [7, 11) is -4.25. The largest absolute Gasteiger partial charge is 0.318 e. The first-order valence-corrected chi connectivity index (χ1v) is 14.0. The number of sulfonamides is 1. The number of benzene rings is 2. The lowest BCUT2D eigenvalue weighted by Gasteiger charge is -2.50.